The minimum Gasteiger partial charge on any atom is -0.496 e. The van der Waals surface area contributed by atoms with Crippen LogP contribution in [0.1, 0.15) is 10.5 Å². The molecule has 4 nitrogen and oxygen atoms in total. The molecule has 2 aromatic rings. The molecule has 1 aromatic heterocycles. The lowest BCUT2D eigenvalue weighted by atomic mass is 10.2. The molecule has 0 spiro atoms. The van der Waals surface area contributed by atoms with E-state index in [1.807, 2.05) is 18.2 Å². The van der Waals surface area contributed by atoms with E-state index in [0.717, 1.165) is 5.56 Å². The highest BCUT2D eigenvalue weighted by Gasteiger charge is 2.10. The number of ether oxygens (including phenoxy) is 1. The number of oxazole rings is 1. The molecule has 15 heavy (non-hydrogen) atoms. The minimum absolute atomic E-state index is 0.274. The van der Waals surface area contributed by atoms with Gasteiger partial charge in [0.25, 0.3) is 0 Å². The van der Waals surface area contributed by atoms with Gasteiger partial charge in [0, 0.05) is 0 Å². The maximum Gasteiger partial charge on any atom is 0.230 e. The Morgan fingerprint density at radius 1 is 1.40 bits per heavy atom. The van der Waals surface area contributed by atoms with Crippen molar-refractivity contribution in [1.82, 2.24) is 4.98 Å². The Hall–Kier alpha value is -2.10. The molecule has 1 aromatic carbocycles. The van der Waals surface area contributed by atoms with Crippen LogP contribution in [0, 0.1) is 0 Å². The zero-order valence-electron chi connectivity index (χ0n) is 8.14. The molecule has 4 heteroatoms. The molecule has 0 fully saturated rings. The van der Waals surface area contributed by atoms with Gasteiger partial charge in [-0.25, -0.2) is 4.98 Å². The van der Waals surface area contributed by atoms with Crippen LogP contribution in [-0.4, -0.2) is 18.4 Å². The van der Waals surface area contributed by atoms with Crippen molar-refractivity contribution < 1.29 is 13.9 Å². The third-order valence-corrected chi connectivity index (χ3v) is 1.98. The summed E-state index contributed by atoms with van der Waals surface area (Å²) in [6.45, 7) is 0. The van der Waals surface area contributed by atoms with Crippen molar-refractivity contribution in [3.8, 4) is 17.2 Å². The number of benzene rings is 1. The molecule has 0 atom stereocenters. The van der Waals surface area contributed by atoms with E-state index in [1.54, 1.807) is 13.2 Å². The van der Waals surface area contributed by atoms with E-state index in [4.69, 9.17) is 9.15 Å². The van der Waals surface area contributed by atoms with Gasteiger partial charge in [-0.2, -0.15) is 0 Å². The maximum atomic E-state index is 10.5. The summed E-state index contributed by atoms with van der Waals surface area (Å²) in [6.07, 6.45) is 1.96. The number of rotatable bonds is 3. The molecular weight excluding hydrogens is 194 g/mol. The third kappa shape index (κ3) is 1.74. The SMILES string of the molecule is COc1ccccc1-c1nc(C=O)co1. The van der Waals surface area contributed by atoms with Gasteiger partial charge in [-0.05, 0) is 12.1 Å². The summed E-state index contributed by atoms with van der Waals surface area (Å²) >= 11 is 0. The molecular formula is C11H9NO3. The number of hydrogen-bond acceptors (Lipinski definition) is 4. The summed E-state index contributed by atoms with van der Waals surface area (Å²) in [4.78, 5) is 14.4. The third-order valence-electron chi connectivity index (χ3n) is 1.98. The van der Waals surface area contributed by atoms with Crippen molar-refractivity contribution in [2.45, 2.75) is 0 Å². The number of carbonyl (C=O) groups is 1. The van der Waals surface area contributed by atoms with Crippen molar-refractivity contribution in [3.05, 3.63) is 36.2 Å². The molecule has 0 aliphatic rings. The number of aromatic nitrogens is 1. The highest BCUT2D eigenvalue weighted by molar-refractivity contribution is 5.73. The average molecular weight is 203 g/mol. The summed E-state index contributed by atoms with van der Waals surface area (Å²) in [5, 5.41) is 0. The fourth-order valence-corrected chi connectivity index (χ4v) is 1.29. The fraction of sp³-hybridized carbons (Fsp3) is 0.0909. The normalized spacial score (nSPS) is 9.93. The lowest BCUT2D eigenvalue weighted by Gasteiger charge is -2.03. The number of carbonyl (C=O) groups excluding carboxylic acids is 1. The first-order chi connectivity index (χ1) is 7.35. The predicted molar refractivity (Wildman–Crippen MR) is 53.9 cm³/mol. The van der Waals surface area contributed by atoms with E-state index in [0.29, 0.717) is 17.9 Å². The minimum atomic E-state index is 0.274. The molecule has 0 radical (unpaired) electrons. The Morgan fingerprint density at radius 2 is 2.20 bits per heavy atom. The van der Waals surface area contributed by atoms with E-state index in [9.17, 15) is 4.79 Å². The van der Waals surface area contributed by atoms with Crippen molar-refractivity contribution in [2.75, 3.05) is 7.11 Å². The van der Waals surface area contributed by atoms with Gasteiger partial charge in [0.1, 0.15) is 17.7 Å². The van der Waals surface area contributed by atoms with Gasteiger partial charge < -0.3 is 9.15 Å². The van der Waals surface area contributed by atoms with Gasteiger partial charge in [-0.15, -0.1) is 0 Å². The smallest absolute Gasteiger partial charge is 0.230 e. The second-order valence-electron chi connectivity index (χ2n) is 2.90. The Balaban J connectivity index is 2.48. The molecule has 0 aliphatic carbocycles. The molecule has 0 amide bonds. The number of nitrogens with zero attached hydrogens (tertiary/aromatic N) is 1. The van der Waals surface area contributed by atoms with Gasteiger partial charge in [0.15, 0.2) is 6.29 Å². The largest absolute Gasteiger partial charge is 0.496 e. The van der Waals surface area contributed by atoms with Crippen LogP contribution in [0.15, 0.2) is 34.9 Å². The first-order valence-corrected chi connectivity index (χ1v) is 4.39. The maximum absolute atomic E-state index is 10.5. The molecule has 0 bridgehead atoms. The lowest BCUT2D eigenvalue weighted by Crippen LogP contribution is -1.87. The van der Waals surface area contributed by atoms with Crippen LogP contribution in [0.25, 0.3) is 11.5 Å². The second-order valence-corrected chi connectivity index (χ2v) is 2.90. The van der Waals surface area contributed by atoms with Gasteiger partial charge >= 0.3 is 0 Å². The highest BCUT2D eigenvalue weighted by atomic mass is 16.5. The van der Waals surface area contributed by atoms with E-state index < -0.39 is 0 Å². The zero-order chi connectivity index (χ0) is 10.7. The molecule has 0 aliphatic heterocycles. The van der Waals surface area contributed by atoms with Gasteiger partial charge in [0.2, 0.25) is 5.89 Å². The van der Waals surface area contributed by atoms with Crippen LogP contribution in [0.3, 0.4) is 0 Å². The van der Waals surface area contributed by atoms with Gasteiger partial charge in [0.05, 0.1) is 12.7 Å². The monoisotopic (exact) mass is 203 g/mol. The van der Waals surface area contributed by atoms with E-state index in [-0.39, 0.29) is 5.69 Å². The Labute approximate surface area is 86.5 Å². The number of hydrogen-bond donors (Lipinski definition) is 0. The molecule has 76 valence electrons. The lowest BCUT2D eigenvalue weighted by molar-refractivity contribution is 0.111. The van der Waals surface area contributed by atoms with E-state index in [2.05, 4.69) is 4.98 Å². The standard InChI is InChI=1S/C11H9NO3/c1-14-10-5-3-2-4-9(10)11-12-8(6-13)7-15-11/h2-7H,1H3. The quantitative estimate of drug-likeness (QED) is 0.717. The highest BCUT2D eigenvalue weighted by Crippen LogP contribution is 2.28. The van der Waals surface area contributed by atoms with Crippen molar-refractivity contribution in [2.24, 2.45) is 0 Å². The molecule has 1 heterocycles. The fourth-order valence-electron chi connectivity index (χ4n) is 1.29. The van der Waals surface area contributed by atoms with E-state index >= 15 is 0 Å². The molecule has 0 N–H and O–H groups in total. The van der Waals surface area contributed by atoms with Crippen molar-refractivity contribution in [3.63, 3.8) is 0 Å². The summed E-state index contributed by atoms with van der Waals surface area (Å²) in [6, 6.07) is 7.33. The molecule has 0 unspecified atom stereocenters. The summed E-state index contributed by atoms with van der Waals surface area (Å²) in [5.74, 6) is 1.05. The Morgan fingerprint density at radius 3 is 2.87 bits per heavy atom. The van der Waals surface area contributed by atoms with Crippen LogP contribution in [0.4, 0.5) is 0 Å². The number of methoxy groups -OCH3 is 1. The van der Waals surface area contributed by atoms with Crippen LogP contribution >= 0.6 is 0 Å². The molecule has 0 saturated heterocycles. The van der Waals surface area contributed by atoms with Crippen LogP contribution in [0.5, 0.6) is 5.75 Å². The number of aldehydes is 1. The molecule has 0 saturated carbocycles. The Bertz CT molecular complexity index is 476. The van der Waals surface area contributed by atoms with Crippen LogP contribution in [-0.2, 0) is 0 Å². The summed E-state index contributed by atoms with van der Waals surface area (Å²) in [5.41, 5.74) is 1.00. The molecule has 2 rings (SSSR count). The second kappa shape index (κ2) is 3.96. The van der Waals surface area contributed by atoms with E-state index in [1.165, 1.54) is 6.26 Å². The first-order valence-electron chi connectivity index (χ1n) is 4.39. The Kier molecular flexibility index (Phi) is 2.49. The van der Waals surface area contributed by atoms with Gasteiger partial charge in [-0.3, -0.25) is 4.79 Å². The summed E-state index contributed by atoms with van der Waals surface area (Å²) < 4.78 is 10.3. The average Bonchev–Trinajstić information content (AvgIpc) is 2.77. The predicted octanol–water partition coefficient (Wildman–Crippen LogP) is 2.16. The zero-order valence-corrected chi connectivity index (χ0v) is 8.14. The van der Waals surface area contributed by atoms with Crippen molar-refractivity contribution in [1.29, 1.82) is 0 Å². The summed E-state index contributed by atoms with van der Waals surface area (Å²) in [7, 11) is 1.57. The topological polar surface area (TPSA) is 52.3 Å². The number of para-hydroxylation sites is 1. The van der Waals surface area contributed by atoms with Crippen LogP contribution in [0.2, 0.25) is 0 Å². The van der Waals surface area contributed by atoms with Crippen molar-refractivity contribution >= 4 is 6.29 Å². The van der Waals surface area contributed by atoms with Gasteiger partial charge in [-0.1, -0.05) is 12.1 Å². The van der Waals surface area contributed by atoms with Crippen LogP contribution < -0.4 is 4.74 Å². The first kappa shape index (κ1) is 9.45.